The first kappa shape index (κ1) is 22.8. The number of nitrogens with zero attached hydrogens (tertiary/aromatic N) is 4. The number of carbonyl (C=O) groups excluding carboxylic acids is 2. The summed E-state index contributed by atoms with van der Waals surface area (Å²) in [5, 5.41) is 4.53. The van der Waals surface area contributed by atoms with Crippen molar-refractivity contribution in [3.05, 3.63) is 30.6 Å². The number of alkyl halides is 2. The lowest BCUT2D eigenvalue weighted by Crippen LogP contribution is -2.53. The molecule has 1 unspecified atom stereocenters. The van der Waals surface area contributed by atoms with Crippen LogP contribution in [0.3, 0.4) is 0 Å². The molecule has 0 bridgehead atoms. The van der Waals surface area contributed by atoms with Crippen molar-refractivity contribution in [2.24, 2.45) is 0 Å². The quantitative estimate of drug-likeness (QED) is 0.659. The summed E-state index contributed by atoms with van der Waals surface area (Å²) in [6.07, 6.45) is 3.17. The molecule has 0 radical (unpaired) electrons. The Bertz CT molecular complexity index is 1090. The molecule has 0 spiro atoms. The molecule has 2 amide bonds. The number of ether oxygens (including phenoxy) is 2. The topological polar surface area (TPSA) is 76.9 Å². The predicted molar refractivity (Wildman–Crippen MR) is 121 cm³/mol. The second-order valence-corrected chi connectivity index (χ2v) is 9.37. The summed E-state index contributed by atoms with van der Waals surface area (Å²) in [6, 6.07) is 5.53. The van der Waals surface area contributed by atoms with E-state index in [-0.39, 0.29) is 24.5 Å². The van der Waals surface area contributed by atoms with Gasteiger partial charge in [0.2, 0.25) is 5.91 Å². The van der Waals surface area contributed by atoms with E-state index in [1.165, 1.54) is 11.8 Å². The van der Waals surface area contributed by atoms with Crippen molar-refractivity contribution >= 4 is 23.4 Å². The normalized spacial score (nSPS) is 22.8. The number of hydrogen-bond acceptors (Lipinski definition) is 5. The molecule has 2 fully saturated rings. The van der Waals surface area contributed by atoms with Crippen LogP contribution >= 0.6 is 0 Å². The molecule has 1 aromatic carbocycles. The first-order valence-corrected chi connectivity index (χ1v) is 11.6. The highest BCUT2D eigenvalue weighted by Crippen LogP contribution is 2.42. The van der Waals surface area contributed by atoms with Crippen molar-refractivity contribution in [2.45, 2.75) is 63.6 Å². The maximum Gasteiger partial charge on any atom is 0.414 e. The van der Waals surface area contributed by atoms with E-state index in [0.717, 1.165) is 24.0 Å². The minimum absolute atomic E-state index is 0.138. The van der Waals surface area contributed by atoms with E-state index in [9.17, 15) is 18.4 Å². The van der Waals surface area contributed by atoms with Gasteiger partial charge in [-0.15, -0.1) is 0 Å². The predicted octanol–water partition coefficient (Wildman–Crippen LogP) is 4.40. The summed E-state index contributed by atoms with van der Waals surface area (Å²) in [7, 11) is 0. The summed E-state index contributed by atoms with van der Waals surface area (Å²) < 4.78 is 39.2. The maximum atomic E-state index is 13.2. The monoisotopic (exact) mass is 474 g/mol. The van der Waals surface area contributed by atoms with E-state index in [1.807, 2.05) is 36.0 Å². The average molecular weight is 475 g/mol. The standard InChI is InChI=1S/C24H28F2N4O4/c1-15-13-28(23(32)34-20-10-24(25,26)11-20)22-9-17(3-4-21(22)30(15)16(2)31)18-12-27-29(14-18)19-5-7-33-8-6-19/h3-4,9,12,14-15,19-20H,5-8,10-11,13H2,1-2H3. The first-order valence-electron chi connectivity index (χ1n) is 11.6. The van der Waals surface area contributed by atoms with Crippen LogP contribution in [0, 0.1) is 0 Å². The lowest BCUT2D eigenvalue weighted by molar-refractivity contribution is -0.143. The molecule has 1 atom stereocenters. The van der Waals surface area contributed by atoms with Crippen molar-refractivity contribution in [3.8, 4) is 11.1 Å². The fraction of sp³-hybridized carbons (Fsp3) is 0.542. The van der Waals surface area contributed by atoms with Crippen molar-refractivity contribution in [1.29, 1.82) is 0 Å². The molecule has 1 saturated carbocycles. The van der Waals surface area contributed by atoms with Gasteiger partial charge in [0.25, 0.3) is 5.92 Å². The molecule has 182 valence electrons. The van der Waals surface area contributed by atoms with E-state index < -0.39 is 31.0 Å². The lowest BCUT2D eigenvalue weighted by atomic mass is 9.91. The molecule has 10 heteroatoms. The van der Waals surface area contributed by atoms with Gasteiger partial charge in [-0.3, -0.25) is 14.4 Å². The molecule has 1 aromatic heterocycles. The number of anilines is 2. The minimum atomic E-state index is -2.78. The Balaban J connectivity index is 1.44. The van der Waals surface area contributed by atoms with Gasteiger partial charge in [0.1, 0.15) is 6.10 Å². The van der Waals surface area contributed by atoms with E-state index >= 15 is 0 Å². The number of amides is 2. The number of aromatic nitrogens is 2. The van der Waals surface area contributed by atoms with Crippen LogP contribution in [0.4, 0.5) is 25.0 Å². The molecular weight excluding hydrogens is 446 g/mol. The molecule has 1 saturated heterocycles. The highest BCUT2D eigenvalue weighted by molar-refractivity contribution is 6.03. The Morgan fingerprint density at radius 2 is 1.88 bits per heavy atom. The Morgan fingerprint density at radius 1 is 1.15 bits per heavy atom. The van der Waals surface area contributed by atoms with Crippen molar-refractivity contribution in [3.63, 3.8) is 0 Å². The number of benzene rings is 1. The third-order valence-corrected chi connectivity index (χ3v) is 6.79. The number of carbonyl (C=O) groups is 2. The van der Waals surface area contributed by atoms with Gasteiger partial charge in [-0.05, 0) is 37.5 Å². The Morgan fingerprint density at radius 3 is 2.56 bits per heavy atom. The molecule has 34 heavy (non-hydrogen) atoms. The first-order chi connectivity index (χ1) is 16.2. The van der Waals surface area contributed by atoms with Crippen LogP contribution in [0.2, 0.25) is 0 Å². The Hall–Kier alpha value is -3.01. The van der Waals surface area contributed by atoms with Crippen LogP contribution in [0.5, 0.6) is 0 Å². The summed E-state index contributed by atoms with van der Waals surface area (Å²) in [5.74, 6) is -2.91. The van der Waals surface area contributed by atoms with Gasteiger partial charge >= 0.3 is 6.09 Å². The van der Waals surface area contributed by atoms with Crippen molar-refractivity contribution in [1.82, 2.24) is 9.78 Å². The molecule has 2 aliphatic heterocycles. The van der Waals surface area contributed by atoms with Crippen LogP contribution < -0.4 is 9.80 Å². The zero-order valence-corrected chi connectivity index (χ0v) is 19.2. The minimum Gasteiger partial charge on any atom is -0.445 e. The summed E-state index contributed by atoms with van der Waals surface area (Å²) in [5.41, 5.74) is 2.82. The third-order valence-electron chi connectivity index (χ3n) is 6.79. The largest absolute Gasteiger partial charge is 0.445 e. The Kier molecular flexibility index (Phi) is 5.79. The molecule has 3 heterocycles. The van der Waals surface area contributed by atoms with Crippen molar-refractivity contribution < 1.29 is 27.8 Å². The summed E-state index contributed by atoms with van der Waals surface area (Å²) >= 11 is 0. The van der Waals surface area contributed by atoms with E-state index in [0.29, 0.717) is 24.6 Å². The molecule has 0 N–H and O–H groups in total. The van der Waals surface area contributed by atoms with Crippen LogP contribution in [0.1, 0.15) is 45.6 Å². The second kappa shape index (κ2) is 8.65. The highest BCUT2D eigenvalue weighted by atomic mass is 19.3. The third kappa shape index (κ3) is 4.26. The van der Waals surface area contributed by atoms with Gasteiger partial charge in [-0.2, -0.15) is 5.10 Å². The Labute approximate surface area is 196 Å². The SMILES string of the molecule is CC(=O)N1c2ccc(-c3cnn(C4CCOCC4)c3)cc2N(C(=O)OC2CC(F)(F)C2)CC1C. The molecule has 8 nitrogen and oxygen atoms in total. The van der Waals surface area contributed by atoms with Gasteiger partial charge < -0.3 is 14.4 Å². The molecule has 5 rings (SSSR count). The van der Waals surface area contributed by atoms with E-state index in [1.54, 1.807) is 11.1 Å². The smallest absolute Gasteiger partial charge is 0.414 e. The van der Waals surface area contributed by atoms with Gasteiger partial charge in [0.15, 0.2) is 0 Å². The maximum absolute atomic E-state index is 13.2. The van der Waals surface area contributed by atoms with Crippen LogP contribution in [-0.2, 0) is 14.3 Å². The fourth-order valence-electron chi connectivity index (χ4n) is 4.99. The zero-order chi connectivity index (χ0) is 24.0. The van der Waals surface area contributed by atoms with Gasteiger partial charge in [0.05, 0.1) is 29.7 Å². The van der Waals surface area contributed by atoms with Crippen LogP contribution in [0.25, 0.3) is 11.1 Å². The number of rotatable bonds is 3. The second-order valence-electron chi connectivity index (χ2n) is 9.37. The molecule has 1 aliphatic carbocycles. The number of halogens is 2. The summed E-state index contributed by atoms with van der Waals surface area (Å²) in [4.78, 5) is 28.4. The fourth-order valence-corrected chi connectivity index (χ4v) is 4.99. The summed E-state index contributed by atoms with van der Waals surface area (Å²) in [6.45, 7) is 4.95. The average Bonchev–Trinajstić information content (AvgIpc) is 3.27. The van der Waals surface area contributed by atoms with E-state index in [4.69, 9.17) is 9.47 Å². The highest BCUT2D eigenvalue weighted by Gasteiger charge is 2.48. The number of hydrogen-bond donors (Lipinski definition) is 0. The van der Waals surface area contributed by atoms with Crippen molar-refractivity contribution in [2.75, 3.05) is 29.6 Å². The van der Waals surface area contributed by atoms with Crippen LogP contribution in [-0.4, -0.2) is 59.6 Å². The molecule has 3 aliphatic rings. The van der Waals surface area contributed by atoms with E-state index in [2.05, 4.69) is 5.10 Å². The van der Waals surface area contributed by atoms with Gasteiger partial charge in [-0.25, -0.2) is 13.6 Å². The molecular formula is C24H28F2N4O4. The zero-order valence-electron chi connectivity index (χ0n) is 19.2. The van der Waals surface area contributed by atoms with Gasteiger partial charge in [0, 0.05) is 51.3 Å². The van der Waals surface area contributed by atoms with Crippen LogP contribution in [0.15, 0.2) is 30.6 Å². The molecule has 2 aromatic rings. The lowest BCUT2D eigenvalue weighted by Gasteiger charge is -2.42. The van der Waals surface area contributed by atoms with Gasteiger partial charge in [-0.1, -0.05) is 6.07 Å². The number of fused-ring (bicyclic) bond motifs is 1.